The number of nitrogens with zero attached hydrogens (tertiary/aromatic N) is 1. The summed E-state index contributed by atoms with van der Waals surface area (Å²) >= 11 is 0. The predicted molar refractivity (Wildman–Crippen MR) is 95.3 cm³/mol. The maximum absolute atomic E-state index is 2.48. The van der Waals surface area contributed by atoms with Crippen LogP contribution in [0.1, 0.15) is 55.3 Å². The first-order chi connectivity index (χ1) is 10.7. The van der Waals surface area contributed by atoms with Gasteiger partial charge in [-0.15, -0.1) is 0 Å². The molecule has 0 N–H and O–H groups in total. The highest BCUT2D eigenvalue weighted by molar-refractivity contribution is 5.82. The second-order valence-electron chi connectivity index (χ2n) is 6.35. The van der Waals surface area contributed by atoms with Crippen molar-refractivity contribution in [3.63, 3.8) is 0 Å². The van der Waals surface area contributed by atoms with E-state index >= 15 is 0 Å². The van der Waals surface area contributed by atoms with Crippen LogP contribution in [0.5, 0.6) is 0 Å². The van der Waals surface area contributed by atoms with E-state index in [0.29, 0.717) is 0 Å². The summed E-state index contributed by atoms with van der Waals surface area (Å²) in [6.45, 7) is 6.57. The molecule has 0 bridgehead atoms. The van der Waals surface area contributed by atoms with Gasteiger partial charge in [-0.1, -0.05) is 48.6 Å². The lowest BCUT2D eigenvalue weighted by Crippen LogP contribution is -2.23. The van der Waals surface area contributed by atoms with Crippen molar-refractivity contribution >= 4 is 18.2 Å². The quantitative estimate of drug-likeness (QED) is 0.679. The summed E-state index contributed by atoms with van der Waals surface area (Å²) in [4.78, 5) is 0. The maximum atomic E-state index is 2.48. The monoisotopic (exact) mass is 287 g/mol. The molecule has 2 aromatic rings. The average Bonchev–Trinajstić information content (AvgIpc) is 2.98. The van der Waals surface area contributed by atoms with Gasteiger partial charge in [0.25, 0.3) is 0 Å². The minimum absolute atomic E-state index is 0.0941. The first-order valence-electron chi connectivity index (χ1n) is 8.03. The third-order valence-electron chi connectivity index (χ3n) is 5.02. The maximum Gasteiger partial charge on any atom is 0.0534 e. The van der Waals surface area contributed by atoms with E-state index in [4.69, 9.17) is 0 Å². The van der Waals surface area contributed by atoms with Crippen LogP contribution in [0.2, 0.25) is 0 Å². The molecule has 1 heteroatoms. The topological polar surface area (TPSA) is 4.93 Å². The molecular formula is C21H21N. The number of rotatable bonds is 2. The number of allylic oxidation sites excluding steroid dienone is 3. The van der Waals surface area contributed by atoms with E-state index in [-0.39, 0.29) is 5.41 Å². The molecule has 1 nitrogen and oxygen atoms in total. The molecule has 1 atom stereocenters. The fourth-order valence-corrected chi connectivity index (χ4v) is 4.14. The Labute approximate surface area is 132 Å². The Morgan fingerprint density at radius 2 is 1.86 bits per heavy atom. The fraction of sp³-hybridized carbons (Fsp3) is 0.238. The third kappa shape index (κ3) is 1.49. The van der Waals surface area contributed by atoms with Crippen LogP contribution in [0.25, 0.3) is 23.9 Å². The molecule has 22 heavy (non-hydrogen) atoms. The Hall–Kier alpha value is -2.28. The fourth-order valence-electron chi connectivity index (χ4n) is 4.14. The molecule has 0 fully saturated rings. The molecule has 0 saturated heterocycles. The SMILES string of the molecule is C/C=C\c1c2c3n(c1/C=C\C)-c1ccccc1C3(C)CC=C2. The van der Waals surface area contributed by atoms with Crippen molar-refractivity contribution in [2.24, 2.45) is 0 Å². The molecule has 0 saturated carbocycles. The lowest BCUT2D eigenvalue weighted by Gasteiger charge is -2.28. The molecule has 110 valence electrons. The first kappa shape index (κ1) is 13.4. The molecule has 0 amide bonds. The van der Waals surface area contributed by atoms with E-state index < -0.39 is 0 Å². The highest BCUT2D eigenvalue weighted by Crippen LogP contribution is 2.52. The van der Waals surface area contributed by atoms with Crippen LogP contribution < -0.4 is 0 Å². The van der Waals surface area contributed by atoms with Crippen molar-refractivity contribution < 1.29 is 0 Å². The van der Waals surface area contributed by atoms with Crippen LogP contribution in [-0.2, 0) is 5.41 Å². The minimum atomic E-state index is 0.0941. The van der Waals surface area contributed by atoms with Gasteiger partial charge >= 0.3 is 0 Å². The van der Waals surface area contributed by atoms with Gasteiger partial charge in [-0.25, -0.2) is 0 Å². The number of hydrogen-bond donors (Lipinski definition) is 0. The van der Waals surface area contributed by atoms with E-state index in [2.05, 4.69) is 86.1 Å². The van der Waals surface area contributed by atoms with Gasteiger partial charge in [0.2, 0.25) is 0 Å². The highest BCUT2D eigenvalue weighted by Gasteiger charge is 2.44. The Balaban J connectivity index is 2.18. The second-order valence-corrected chi connectivity index (χ2v) is 6.35. The van der Waals surface area contributed by atoms with Crippen molar-refractivity contribution in [1.82, 2.24) is 4.57 Å². The summed E-state index contributed by atoms with van der Waals surface area (Å²) in [6.07, 6.45) is 14.5. The standard InChI is InChI=1S/C21H21N/c1-4-9-15-16-11-8-14-21(3)17-12-6-7-13-19(17)22(20(16)21)18(15)10-5-2/h4-13H,14H2,1-3H3/b9-4-,10-5-. The smallest absolute Gasteiger partial charge is 0.0534 e. The van der Waals surface area contributed by atoms with Gasteiger partial charge in [-0.05, 0) is 44.9 Å². The molecule has 1 aliphatic carbocycles. The van der Waals surface area contributed by atoms with Crippen LogP contribution in [-0.4, -0.2) is 4.57 Å². The van der Waals surface area contributed by atoms with Crippen LogP contribution in [0.4, 0.5) is 0 Å². The highest BCUT2D eigenvalue weighted by atomic mass is 15.1. The zero-order valence-corrected chi connectivity index (χ0v) is 13.4. The first-order valence-corrected chi connectivity index (χ1v) is 8.03. The molecule has 0 radical (unpaired) electrons. The van der Waals surface area contributed by atoms with Crippen molar-refractivity contribution in [2.45, 2.75) is 32.6 Å². The normalized spacial score (nSPS) is 21.8. The van der Waals surface area contributed by atoms with Gasteiger partial charge in [0.05, 0.1) is 11.4 Å². The zero-order valence-electron chi connectivity index (χ0n) is 13.4. The lowest BCUT2D eigenvalue weighted by atomic mass is 9.74. The Bertz CT molecular complexity index is 845. The Morgan fingerprint density at radius 3 is 2.64 bits per heavy atom. The summed E-state index contributed by atoms with van der Waals surface area (Å²) in [5.41, 5.74) is 8.37. The van der Waals surface area contributed by atoms with Crippen LogP contribution in [0, 0.1) is 0 Å². The Morgan fingerprint density at radius 1 is 1.09 bits per heavy atom. The summed E-state index contributed by atoms with van der Waals surface area (Å²) in [6, 6.07) is 8.86. The molecule has 0 spiro atoms. The van der Waals surface area contributed by atoms with E-state index in [9.17, 15) is 0 Å². The molecule has 1 aliphatic heterocycles. The summed E-state index contributed by atoms with van der Waals surface area (Å²) < 4.78 is 2.48. The molecule has 2 heterocycles. The number of hydrogen-bond acceptors (Lipinski definition) is 0. The summed E-state index contributed by atoms with van der Waals surface area (Å²) in [5, 5.41) is 0. The van der Waals surface area contributed by atoms with Gasteiger partial charge in [-0.3, -0.25) is 0 Å². The molecular weight excluding hydrogens is 266 g/mol. The van der Waals surface area contributed by atoms with Crippen molar-refractivity contribution in [3.8, 4) is 5.69 Å². The summed E-state index contributed by atoms with van der Waals surface area (Å²) in [5.74, 6) is 0. The molecule has 1 unspecified atom stereocenters. The van der Waals surface area contributed by atoms with Gasteiger partial charge in [0.1, 0.15) is 0 Å². The third-order valence-corrected chi connectivity index (χ3v) is 5.02. The summed E-state index contributed by atoms with van der Waals surface area (Å²) in [7, 11) is 0. The van der Waals surface area contributed by atoms with Gasteiger partial charge in [0, 0.05) is 22.2 Å². The lowest BCUT2D eigenvalue weighted by molar-refractivity contribution is 0.577. The average molecular weight is 287 g/mol. The van der Waals surface area contributed by atoms with Gasteiger partial charge < -0.3 is 4.57 Å². The minimum Gasteiger partial charge on any atom is -0.312 e. The van der Waals surface area contributed by atoms with E-state index in [1.54, 1.807) is 0 Å². The predicted octanol–water partition coefficient (Wildman–Crippen LogP) is 5.58. The van der Waals surface area contributed by atoms with Crippen LogP contribution >= 0.6 is 0 Å². The number of fused-ring (bicyclic) bond motifs is 3. The molecule has 4 rings (SSSR count). The molecule has 1 aromatic carbocycles. The van der Waals surface area contributed by atoms with Crippen LogP contribution in [0.15, 0.2) is 42.5 Å². The van der Waals surface area contributed by atoms with Gasteiger partial charge in [0.15, 0.2) is 0 Å². The van der Waals surface area contributed by atoms with Crippen molar-refractivity contribution in [2.75, 3.05) is 0 Å². The van der Waals surface area contributed by atoms with Crippen molar-refractivity contribution in [1.29, 1.82) is 0 Å². The zero-order chi connectivity index (χ0) is 15.3. The van der Waals surface area contributed by atoms with Crippen LogP contribution in [0.3, 0.4) is 0 Å². The second kappa shape index (κ2) is 4.61. The van der Waals surface area contributed by atoms with E-state index in [1.165, 1.54) is 33.8 Å². The molecule has 2 aliphatic rings. The van der Waals surface area contributed by atoms with Crippen molar-refractivity contribution in [3.05, 3.63) is 70.6 Å². The number of aromatic nitrogens is 1. The van der Waals surface area contributed by atoms with E-state index in [0.717, 1.165) is 6.42 Å². The van der Waals surface area contributed by atoms with E-state index in [1.807, 2.05) is 0 Å². The molecule has 1 aromatic heterocycles. The largest absolute Gasteiger partial charge is 0.312 e. The Kier molecular flexibility index (Phi) is 2.80. The van der Waals surface area contributed by atoms with Gasteiger partial charge in [-0.2, -0.15) is 0 Å². The number of para-hydroxylation sites is 1. The number of benzene rings is 1.